The van der Waals surface area contributed by atoms with E-state index in [4.69, 9.17) is 0 Å². The van der Waals surface area contributed by atoms with Gasteiger partial charge in [-0.3, -0.25) is 0 Å². The van der Waals surface area contributed by atoms with Gasteiger partial charge in [-0.1, -0.05) is 22.6 Å². The smallest absolute Gasteiger partial charge is 0.150 e. The molecule has 2 nitrogen and oxygen atoms in total. The number of halogens is 1. The van der Waals surface area contributed by atoms with Gasteiger partial charge in [-0.25, -0.2) is 8.42 Å². The Balaban J connectivity index is 2.28. The van der Waals surface area contributed by atoms with Crippen LogP contribution in [0.25, 0.3) is 0 Å². The van der Waals surface area contributed by atoms with Gasteiger partial charge in [0, 0.05) is 0 Å². The quantitative estimate of drug-likeness (QED) is 0.545. The number of sulfone groups is 1. The Hall–Kier alpha value is 0.680. The Morgan fingerprint density at radius 3 is 2.33 bits per heavy atom. The third kappa shape index (κ3) is 2.07. The normalized spacial score (nSPS) is 25.4. The van der Waals surface area contributed by atoms with Gasteiger partial charge in [0.2, 0.25) is 0 Å². The molecule has 1 aliphatic heterocycles. The van der Waals surface area contributed by atoms with Crippen LogP contribution in [-0.4, -0.2) is 24.4 Å². The second-order valence-electron chi connectivity index (χ2n) is 2.42. The highest BCUT2D eigenvalue weighted by molar-refractivity contribution is 14.1. The van der Waals surface area contributed by atoms with Crippen molar-refractivity contribution in [2.45, 2.75) is 6.42 Å². The lowest BCUT2D eigenvalue weighted by Gasteiger charge is -2.24. The lowest BCUT2D eigenvalue weighted by molar-refractivity contribution is 0.516. The first-order chi connectivity index (χ1) is 4.14. The summed E-state index contributed by atoms with van der Waals surface area (Å²) in [5.74, 6) is 1.36. The highest BCUT2D eigenvalue weighted by Crippen LogP contribution is 2.21. The van der Waals surface area contributed by atoms with E-state index in [-0.39, 0.29) is 0 Å². The Bertz CT molecular complexity index is 173. The maximum atomic E-state index is 10.6. The molecule has 0 atom stereocenters. The summed E-state index contributed by atoms with van der Waals surface area (Å²) >= 11 is 2.28. The van der Waals surface area contributed by atoms with Crippen molar-refractivity contribution >= 4 is 32.4 Å². The molecule has 1 heterocycles. The molecule has 0 aromatic heterocycles. The minimum atomic E-state index is -2.56. The van der Waals surface area contributed by atoms with Crippen LogP contribution in [0.5, 0.6) is 0 Å². The summed E-state index contributed by atoms with van der Waals surface area (Å²) in [6, 6.07) is 0. The van der Waals surface area contributed by atoms with Crippen molar-refractivity contribution in [3.63, 3.8) is 0 Å². The zero-order chi connectivity index (χ0) is 6.91. The first kappa shape index (κ1) is 7.78. The van der Waals surface area contributed by atoms with Crippen molar-refractivity contribution in [3.05, 3.63) is 0 Å². The van der Waals surface area contributed by atoms with Crippen LogP contribution in [0.3, 0.4) is 0 Å². The van der Waals surface area contributed by atoms with Gasteiger partial charge in [-0.15, -0.1) is 0 Å². The van der Waals surface area contributed by atoms with Crippen LogP contribution < -0.4 is 0 Å². The lowest BCUT2D eigenvalue weighted by atomic mass is 10.1. The fraction of sp³-hybridized carbons (Fsp3) is 1.00. The summed E-state index contributed by atoms with van der Waals surface area (Å²) < 4.78 is 22.2. The van der Waals surface area contributed by atoms with Crippen LogP contribution in [0.2, 0.25) is 0 Å². The fourth-order valence-corrected chi connectivity index (χ4v) is 3.54. The number of hydrogen-bond donors (Lipinski definition) is 0. The van der Waals surface area contributed by atoms with E-state index in [0.717, 1.165) is 10.8 Å². The molecule has 0 aromatic carbocycles. The van der Waals surface area contributed by atoms with Crippen LogP contribution >= 0.6 is 22.6 Å². The molecular formula is C5H9IO2S. The van der Waals surface area contributed by atoms with E-state index in [2.05, 4.69) is 22.6 Å². The van der Waals surface area contributed by atoms with Gasteiger partial charge in [0.1, 0.15) is 0 Å². The Kier molecular flexibility index (Phi) is 2.37. The Labute approximate surface area is 69.1 Å². The predicted octanol–water partition coefficient (Wildman–Crippen LogP) is 0.856. The first-order valence-corrected chi connectivity index (χ1v) is 6.25. The van der Waals surface area contributed by atoms with E-state index >= 15 is 0 Å². The van der Waals surface area contributed by atoms with Crippen LogP contribution in [0, 0.1) is 5.92 Å². The SMILES string of the molecule is O=S1(=O)CC(CCI)C1. The van der Waals surface area contributed by atoms with Gasteiger partial charge in [0.15, 0.2) is 9.84 Å². The molecule has 9 heavy (non-hydrogen) atoms. The molecule has 54 valence electrons. The van der Waals surface area contributed by atoms with Gasteiger partial charge in [-0.2, -0.15) is 0 Å². The monoisotopic (exact) mass is 260 g/mol. The topological polar surface area (TPSA) is 34.1 Å². The highest BCUT2D eigenvalue weighted by Gasteiger charge is 2.32. The predicted molar refractivity (Wildman–Crippen MR) is 45.6 cm³/mol. The van der Waals surface area contributed by atoms with Gasteiger partial charge < -0.3 is 0 Å². The highest BCUT2D eigenvalue weighted by atomic mass is 127. The zero-order valence-corrected chi connectivity index (χ0v) is 7.98. The molecule has 0 radical (unpaired) electrons. The average Bonchev–Trinajstić information content (AvgIpc) is 1.62. The number of alkyl halides is 1. The minimum Gasteiger partial charge on any atom is -0.229 e. The summed E-state index contributed by atoms with van der Waals surface area (Å²) in [4.78, 5) is 0. The van der Waals surface area contributed by atoms with E-state index in [0.29, 0.717) is 17.4 Å². The van der Waals surface area contributed by atoms with Crippen LogP contribution in [0.4, 0.5) is 0 Å². The molecule has 0 aromatic rings. The lowest BCUT2D eigenvalue weighted by Crippen LogP contribution is -2.36. The molecule has 0 aliphatic carbocycles. The van der Waals surface area contributed by atoms with Gasteiger partial charge >= 0.3 is 0 Å². The van der Waals surface area contributed by atoms with Gasteiger partial charge in [-0.05, 0) is 16.8 Å². The van der Waals surface area contributed by atoms with E-state index in [1.54, 1.807) is 0 Å². The molecule has 0 amide bonds. The van der Waals surface area contributed by atoms with Gasteiger partial charge in [0.25, 0.3) is 0 Å². The maximum absolute atomic E-state index is 10.6. The molecule has 1 aliphatic rings. The molecule has 0 unspecified atom stereocenters. The second kappa shape index (κ2) is 2.74. The number of hydrogen-bond acceptors (Lipinski definition) is 2. The molecular weight excluding hydrogens is 251 g/mol. The first-order valence-electron chi connectivity index (χ1n) is 2.90. The molecule has 1 rings (SSSR count). The van der Waals surface area contributed by atoms with E-state index in [9.17, 15) is 8.42 Å². The van der Waals surface area contributed by atoms with Crippen molar-refractivity contribution in [1.29, 1.82) is 0 Å². The molecule has 0 N–H and O–H groups in total. The molecule has 4 heteroatoms. The van der Waals surface area contributed by atoms with Crippen molar-refractivity contribution in [2.75, 3.05) is 15.9 Å². The standard InChI is InChI=1S/C5H9IO2S/c6-2-1-5-3-9(7,8)4-5/h5H,1-4H2. The summed E-state index contributed by atoms with van der Waals surface area (Å²) in [7, 11) is -2.56. The Morgan fingerprint density at radius 1 is 1.44 bits per heavy atom. The van der Waals surface area contributed by atoms with Crippen molar-refractivity contribution in [1.82, 2.24) is 0 Å². The summed E-state index contributed by atoms with van der Waals surface area (Å²) in [6.07, 6.45) is 1.07. The molecule has 0 saturated carbocycles. The summed E-state index contributed by atoms with van der Waals surface area (Å²) in [5.41, 5.74) is 0. The molecule has 0 bridgehead atoms. The number of rotatable bonds is 2. The van der Waals surface area contributed by atoms with E-state index in [1.165, 1.54) is 0 Å². The average molecular weight is 260 g/mol. The van der Waals surface area contributed by atoms with Crippen LogP contribution in [0.1, 0.15) is 6.42 Å². The fourth-order valence-electron chi connectivity index (χ4n) is 0.990. The maximum Gasteiger partial charge on any atom is 0.150 e. The summed E-state index contributed by atoms with van der Waals surface area (Å²) in [6.45, 7) is 0. The Morgan fingerprint density at radius 2 is 2.00 bits per heavy atom. The third-order valence-corrected chi connectivity index (χ3v) is 4.08. The van der Waals surface area contributed by atoms with Crippen molar-refractivity contribution < 1.29 is 8.42 Å². The van der Waals surface area contributed by atoms with E-state index < -0.39 is 9.84 Å². The zero-order valence-electron chi connectivity index (χ0n) is 5.01. The summed E-state index contributed by atoms with van der Waals surface area (Å²) in [5, 5.41) is 0. The van der Waals surface area contributed by atoms with Crippen molar-refractivity contribution in [3.8, 4) is 0 Å². The third-order valence-electron chi connectivity index (χ3n) is 1.50. The van der Waals surface area contributed by atoms with Gasteiger partial charge in [0.05, 0.1) is 11.5 Å². The van der Waals surface area contributed by atoms with Crippen LogP contribution in [0.15, 0.2) is 0 Å². The largest absolute Gasteiger partial charge is 0.229 e. The van der Waals surface area contributed by atoms with Crippen molar-refractivity contribution in [2.24, 2.45) is 5.92 Å². The van der Waals surface area contributed by atoms with Crippen LogP contribution in [-0.2, 0) is 9.84 Å². The molecule has 1 fully saturated rings. The minimum absolute atomic E-state index is 0.440. The second-order valence-corrected chi connectivity index (χ2v) is 5.65. The molecule has 0 spiro atoms. The van der Waals surface area contributed by atoms with E-state index in [1.807, 2.05) is 0 Å². The molecule has 1 saturated heterocycles.